The molecule has 8 heteroatoms. The summed E-state index contributed by atoms with van der Waals surface area (Å²) >= 11 is 0. The van der Waals surface area contributed by atoms with Crippen LogP contribution in [-0.4, -0.2) is 40.6 Å². The molecule has 78 valence electrons. The average molecular weight is 208 g/mol. The third kappa shape index (κ3) is 1.82. The van der Waals surface area contributed by atoms with Crippen molar-refractivity contribution in [1.29, 1.82) is 0 Å². The van der Waals surface area contributed by atoms with Crippen LogP contribution in [0.4, 0.5) is 0 Å². The van der Waals surface area contributed by atoms with Gasteiger partial charge in [0.2, 0.25) is 0 Å². The summed E-state index contributed by atoms with van der Waals surface area (Å²) in [6.45, 7) is 0.344. The fourth-order valence-electron chi connectivity index (χ4n) is 1.06. The van der Waals surface area contributed by atoms with Crippen molar-refractivity contribution in [1.82, 2.24) is 29.5 Å². The summed E-state index contributed by atoms with van der Waals surface area (Å²) in [7, 11) is 1.80. The summed E-state index contributed by atoms with van der Waals surface area (Å²) in [5.41, 5.74) is 0. The van der Waals surface area contributed by atoms with Crippen LogP contribution in [0.25, 0.3) is 0 Å². The molecule has 2 heterocycles. The topological polar surface area (TPSA) is 98.7 Å². The van der Waals surface area contributed by atoms with Gasteiger partial charge in [-0.2, -0.15) is 0 Å². The molecule has 0 atom stereocenters. The molecule has 0 spiro atoms. The van der Waals surface area contributed by atoms with Gasteiger partial charge in [-0.3, -0.25) is 0 Å². The smallest absolute Gasteiger partial charge is 0.375 e. The standard InChI is InChI=1S/C7H8N6O2/c1-12-4-9-10-5(12)2-13-3-8-6(11-13)7(14)15/h3-4H,2H2,1H3,(H,14,15). The van der Waals surface area contributed by atoms with E-state index in [9.17, 15) is 4.79 Å². The molecule has 0 aliphatic carbocycles. The van der Waals surface area contributed by atoms with Crippen LogP contribution in [0.15, 0.2) is 12.7 Å². The highest BCUT2D eigenvalue weighted by Gasteiger charge is 2.10. The number of carbonyl (C=O) groups is 1. The fourth-order valence-corrected chi connectivity index (χ4v) is 1.06. The summed E-state index contributed by atoms with van der Waals surface area (Å²) in [5, 5.41) is 19.9. The van der Waals surface area contributed by atoms with Gasteiger partial charge in [-0.1, -0.05) is 0 Å². The molecule has 0 aliphatic heterocycles. The van der Waals surface area contributed by atoms with E-state index in [0.29, 0.717) is 12.4 Å². The van der Waals surface area contributed by atoms with Crippen LogP contribution >= 0.6 is 0 Å². The van der Waals surface area contributed by atoms with Gasteiger partial charge in [0.15, 0.2) is 5.82 Å². The number of rotatable bonds is 3. The number of nitrogens with zero attached hydrogens (tertiary/aromatic N) is 6. The third-order valence-electron chi connectivity index (χ3n) is 1.84. The van der Waals surface area contributed by atoms with Crippen LogP contribution in [0.3, 0.4) is 0 Å². The van der Waals surface area contributed by atoms with Crippen molar-refractivity contribution in [2.24, 2.45) is 7.05 Å². The Morgan fingerprint density at radius 1 is 1.53 bits per heavy atom. The number of hydrogen-bond donors (Lipinski definition) is 1. The van der Waals surface area contributed by atoms with E-state index in [2.05, 4.69) is 20.3 Å². The van der Waals surface area contributed by atoms with E-state index < -0.39 is 5.97 Å². The summed E-state index contributed by atoms with van der Waals surface area (Å²) in [5.74, 6) is -0.694. The van der Waals surface area contributed by atoms with Gasteiger partial charge in [0, 0.05) is 7.05 Å². The van der Waals surface area contributed by atoms with E-state index in [-0.39, 0.29) is 5.82 Å². The summed E-state index contributed by atoms with van der Waals surface area (Å²) in [6.07, 6.45) is 2.91. The molecule has 1 N–H and O–H groups in total. The molecule has 2 aromatic rings. The largest absolute Gasteiger partial charge is 0.475 e. The highest BCUT2D eigenvalue weighted by Crippen LogP contribution is 1.96. The molecule has 15 heavy (non-hydrogen) atoms. The van der Waals surface area contributed by atoms with Crippen molar-refractivity contribution >= 4 is 5.97 Å². The first kappa shape index (κ1) is 9.31. The molecule has 0 saturated heterocycles. The Morgan fingerprint density at radius 2 is 2.33 bits per heavy atom. The molecule has 0 bridgehead atoms. The van der Waals surface area contributed by atoms with E-state index in [1.165, 1.54) is 11.0 Å². The van der Waals surface area contributed by atoms with Crippen LogP contribution in [0.1, 0.15) is 16.4 Å². The Labute approximate surface area is 84.2 Å². The van der Waals surface area contributed by atoms with Crippen molar-refractivity contribution in [3.63, 3.8) is 0 Å². The van der Waals surface area contributed by atoms with Crippen LogP contribution in [0.5, 0.6) is 0 Å². The molecule has 0 radical (unpaired) electrons. The van der Waals surface area contributed by atoms with E-state index in [4.69, 9.17) is 5.11 Å². The number of hydrogen-bond acceptors (Lipinski definition) is 5. The molecule has 8 nitrogen and oxygen atoms in total. The average Bonchev–Trinajstić information content (AvgIpc) is 2.77. The van der Waals surface area contributed by atoms with Gasteiger partial charge in [-0.15, -0.1) is 15.3 Å². The monoisotopic (exact) mass is 208 g/mol. The quantitative estimate of drug-likeness (QED) is 0.705. The Bertz CT molecular complexity index is 487. The maximum absolute atomic E-state index is 10.5. The lowest BCUT2D eigenvalue weighted by molar-refractivity contribution is 0.0683. The summed E-state index contributed by atoms with van der Waals surface area (Å²) in [4.78, 5) is 14.1. The van der Waals surface area contributed by atoms with Gasteiger partial charge in [0.05, 0.1) is 0 Å². The lowest BCUT2D eigenvalue weighted by Crippen LogP contribution is -2.07. The van der Waals surface area contributed by atoms with Gasteiger partial charge < -0.3 is 9.67 Å². The predicted molar refractivity (Wildman–Crippen MR) is 47.1 cm³/mol. The van der Waals surface area contributed by atoms with Gasteiger partial charge in [-0.25, -0.2) is 14.5 Å². The van der Waals surface area contributed by atoms with Gasteiger partial charge >= 0.3 is 5.97 Å². The Balaban J connectivity index is 2.18. The molecule has 2 aromatic heterocycles. The first-order valence-electron chi connectivity index (χ1n) is 4.12. The van der Waals surface area contributed by atoms with Gasteiger partial charge in [0.1, 0.15) is 19.2 Å². The van der Waals surface area contributed by atoms with Crippen LogP contribution in [0.2, 0.25) is 0 Å². The summed E-state index contributed by atoms with van der Waals surface area (Å²) < 4.78 is 3.12. The molecule has 0 amide bonds. The van der Waals surface area contributed by atoms with Crippen LogP contribution < -0.4 is 0 Å². The molecule has 0 unspecified atom stereocenters. The maximum Gasteiger partial charge on any atom is 0.375 e. The first-order valence-corrected chi connectivity index (χ1v) is 4.12. The lowest BCUT2D eigenvalue weighted by Gasteiger charge is -1.98. The van der Waals surface area contributed by atoms with Crippen LogP contribution in [0, 0.1) is 0 Å². The second kappa shape index (κ2) is 3.48. The number of carboxylic acid groups (broad SMARTS) is 1. The van der Waals surface area contributed by atoms with Crippen molar-refractivity contribution in [3.8, 4) is 0 Å². The predicted octanol–water partition coefficient (Wildman–Crippen LogP) is -0.847. The number of aryl methyl sites for hydroxylation is 1. The lowest BCUT2D eigenvalue weighted by atomic mass is 10.6. The van der Waals surface area contributed by atoms with Crippen LogP contribution in [-0.2, 0) is 13.6 Å². The Morgan fingerprint density at radius 3 is 2.87 bits per heavy atom. The maximum atomic E-state index is 10.5. The third-order valence-corrected chi connectivity index (χ3v) is 1.84. The molecular weight excluding hydrogens is 200 g/mol. The first-order chi connectivity index (χ1) is 7.16. The Kier molecular flexibility index (Phi) is 2.16. The van der Waals surface area contributed by atoms with Gasteiger partial charge in [-0.05, 0) is 0 Å². The van der Waals surface area contributed by atoms with E-state index in [0.717, 1.165) is 0 Å². The van der Waals surface area contributed by atoms with E-state index >= 15 is 0 Å². The fraction of sp³-hybridized carbons (Fsp3) is 0.286. The minimum Gasteiger partial charge on any atom is -0.475 e. The molecule has 0 saturated carbocycles. The van der Waals surface area contributed by atoms with E-state index in [1.807, 2.05) is 0 Å². The number of carboxylic acids is 1. The molecular formula is C7H8N6O2. The molecule has 0 fully saturated rings. The molecule has 2 rings (SSSR count). The normalized spacial score (nSPS) is 10.5. The number of aromatic nitrogens is 6. The second-order valence-electron chi connectivity index (χ2n) is 2.93. The highest BCUT2D eigenvalue weighted by molar-refractivity contribution is 5.82. The minimum absolute atomic E-state index is 0.225. The zero-order chi connectivity index (χ0) is 10.8. The molecule has 0 aliphatic rings. The second-order valence-corrected chi connectivity index (χ2v) is 2.93. The van der Waals surface area contributed by atoms with Crippen molar-refractivity contribution in [3.05, 3.63) is 24.3 Å². The van der Waals surface area contributed by atoms with Crippen molar-refractivity contribution in [2.45, 2.75) is 6.54 Å². The molecule has 0 aromatic carbocycles. The van der Waals surface area contributed by atoms with Crippen molar-refractivity contribution in [2.75, 3.05) is 0 Å². The Hall–Kier alpha value is -2.25. The number of aromatic carboxylic acids is 1. The highest BCUT2D eigenvalue weighted by atomic mass is 16.4. The SMILES string of the molecule is Cn1cnnc1Cn1cnc(C(=O)O)n1. The summed E-state index contributed by atoms with van der Waals surface area (Å²) in [6, 6.07) is 0. The zero-order valence-corrected chi connectivity index (χ0v) is 7.90. The van der Waals surface area contributed by atoms with Crippen molar-refractivity contribution < 1.29 is 9.90 Å². The van der Waals surface area contributed by atoms with E-state index in [1.54, 1.807) is 17.9 Å². The van der Waals surface area contributed by atoms with Gasteiger partial charge in [0.25, 0.3) is 5.82 Å². The minimum atomic E-state index is -1.15. The zero-order valence-electron chi connectivity index (χ0n) is 7.90.